The molecule has 17 heavy (non-hydrogen) atoms. The lowest BCUT2D eigenvalue weighted by Crippen LogP contribution is -1.96. The zero-order valence-electron chi connectivity index (χ0n) is 9.30. The predicted octanol–water partition coefficient (Wildman–Crippen LogP) is 4.11. The molecule has 0 aliphatic carbocycles. The van der Waals surface area contributed by atoms with E-state index < -0.39 is 0 Å². The van der Waals surface area contributed by atoms with Gasteiger partial charge in [0.1, 0.15) is 5.82 Å². The van der Waals surface area contributed by atoms with Crippen LogP contribution in [0.25, 0.3) is 0 Å². The second-order valence-electron chi connectivity index (χ2n) is 3.82. The highest BCUT2D eigenvalue weighted by molar-refractivity contribution is 6.33. The van der Waals surface area contributed by atoms with Gasteiger partial charge >= 0.3 is 0 Å². The second kappa shape index (κ2) is 4.63. The molecule has 0 heterocycles. The predicted molar refractivity (Wildman–Crippen MR) is 70.3 cm³/mol. The van der Waals surface area contributed by atoms with Crippen molar-refractivity contribution in [3.05, 3.63) is 52.8 Å². The number of hydrogen-bond acceptors (Lipinski definition) is 2. The van der Waals surface area contributed by atoms with Crippen LogP contribution in [0.2, 0.25) is 5.02 Å². The van der Waals surface area contributed by atoms with Crippen LogP contribution in [0.4, 0.5) is 21.5 Å². The summed E-state index contributed by atoms with van der Waals surface area (Å²) in [7, 11) is 0. The molecule has 88 valence electrons. The van der Waals surface area contributed by atoms with Crippen LogP contribution in [0, 0.1) is 12.7 Å². The van der Waals surface area contributed by atoms with E-state index in [4.69, 9.17) is 17.3 Å². The lowest BCUT2D eigenvalue weighted by Gasteiger charge is -2.11. The Morgan fingerprint density at radius 3 is 2.59 bits per heavy atom. The van der Waals surface area contributed by atoms with Gasteiger partial charge in [-0.3, -0.25) is 0 Å². The Bertz CT molecular complexity index is 555. The van der Waals surface area contributed by atoms with Gasteiger partial charge in [-0.15, -0.1) is 0 Å². The van der Waals surface area contributed by atoms with Gasteiger partial charge in [-0.2, -0.15) is 0 Å². The van der Waals surface area contributed by atoms with E-state index in [1.54, 1.807) is 6.07 Å². The third-order valence-electron chi connectivity index (χ3n) is 2.45. The highest BCUT2D eigenvalue weighted by Crippen LogP contribution is 2.28. The number of halogens is 2. The normalized spacial score (nSPS) is 10.3. The Balaban J connectivity index is 2.34. The fourth-order valence-corrected chi connectivity index (χ4v) is 1.73. The quantitative estimate of drug-likeness (QED) is 0.787. The number of nitrogen functional groups attached to an aromatic ring is 1. The van der Waals surface area contributed by atoms with Crippen LogP contribution in [0.15, 0.2) is 36.4 Å². The SMILES string of the molecule is Cc1cc(N)ccc1Nc1cc(F)ccc1Cl. The second-order valence-corrected chi connectivity index (χ2v) is 4.23. The van der Waals surface area contributed by atoms with Crippen molar-refractivity contribution >= 4 is 28.7 Å². The van der Waals surface area contributed by atoms with Crippen molar-refractivity contribution in [1.82, 2.24) is 0 Å². The minimum absolute atomic E-state index is 0.329. The van der Waals surface area contributed by atoms with E-state index >= 15 is 0 Å². The van der Waals surface area contributed by atoms with Crippen molar-refractivity contribution in [2.24, 2.45) is 0 Å². The molecule has 0 saturated heterocycles. The molecule has 0 aliphatic heterocycles. The van der Waals surface area contributed by atoms with Gasteiger partial charge in [0.25, 0.3) is 0 Å². The van der Waals surface area contributed by atoms with Crippen LogP contribution in [0.1, 0.15) is 5.56 Å². The van der Waals surface area contributed by atoms with Crippen LogP contribution in [-0.2, 0) is 0 Å². The summed E-state index contributed by atoms with van der Waals surface area (Å²) in [6.07, 6.45) is 0. The zero-order valence-corrected chi connectivity index (χ0v) is 10.1. The first kappa shape index (κ1) is 11.7. The molecule has 0 aliphatic rings. The number of nitrogens with two attached hydrogens (primary N) is 1. The lowest BCUT2D eigenvalue weighted by molar-refractivity contribution is 0.628. The molecular weight excluding hydrogens is 239 g/mol. The topological polar surface area (TPSA) is 38.0 Å². The van der Waals surface area contributed by atoms with Crippen LogP contribution >= 0.6 is 11.6 Å². The molecule has 0 bridgehead atoms. The maximum atomic E-state index is 13.1. The van der Waals surface area contributed by atoms with E-state index in [0.29, 0.717) is 16.4 Å². The molecule has 4 heteroatoms. The molecule has 0 radical (unpaired) electrons. The standard InChI is InChI=1S/C13H12ClFN2/c1-8-6-10(16)3-5-12(8)17-13-7-9(15)2-4-11(13)14/h2-7,17H,16H2,1H3. The van der Waals surface area contributed by atoms with Crippen molar-refractivity contribution in [3.63, 3.8) is 0 Å². The average molecular weight is 251 g/mol. The third-order valence-corrected chi connectivity index (χ3v) is 2.78. The molecule has 2 nitrogen and oxygen atoms in total. The number of benzene rings is 2. The molecule has 2 aromatic rings. The van der Waals surface area contributed by atoms with Crippen LogP contribution < -0.4 is 11.1 Å². The summed E-state index contributed by atoms with van der Waals surface area (Å²) < 4.78 is 13.1. The van der Waals surface area contributed by atoms with Crippen LogP contribution in [0.5, 0.6) is 0 Å². The Hall–Kier alpha value is -1.74. The Labute approximate surface area is 104 Å². The van der Waals surface area contributed by atoms with Gasteiger partial charge in [-0.25, -0.2) is 4.39 Å². The lowest BCUT2D eigenvalue weighted by atomic mass is 10.1. The van der Waals surface area contributed by atoms with Gasteiger partial charge in [0.2, 0.25) is 0 Å². The third kappa shape index (κ3) is 2.68. The van der Waals surface area contributed by atoms with E-state index in [1.807, 2.05) is 19.1 Å². The first-order chi connectivity index (χ1) is 8.06. The Kier molecular flexibility index (Phi) is 3.20. The van der Waals surface area contributed by atoms with Crippen molar-refractivity contribution in [3.8, 4) is 0 Å². The zero-order chi connectivity index (χ0) is 12.4. The smallest absolute Gasteiger partial charge is 0.125 e. The molecule has 2 rings (SSSR count). The molecule has 0 fully saturated rings. The van der Waals surface area contributed by atoms with Gasteiger partial charge < -0.3 is 11.1 Å². The van der Waals surface area contributed by atoms with Gasteiger partial charge in [-0.05, 0) is 48.9 Å². The van der Waals surface area contributed by atoms with E-state index in [2.05, 4.69) is 5.32 Å². The summed E-state index contributed by atoms with van der Waals surface area (Å²) >= 11 is 5.98. The summed E-state index contributed by atoms with van der Waals surface area (Å²) in [5.41, 5.74) is 8.73. The monoisotopic (exact) mass is 250 g/mol. The molecule has 0 spiro atoms. The largest absolute Gasteiger partial charge is 0.399 e. The van der Waals surface area contributed by atoms with Crippen molar-refractivity contribution < 1.29 is 4.39 Å². The van der Waals surface area contributed by atoms with E-state index in [1.165, 1.54) is 18.2 Å². The van der Waals surface area contributed by atoms with Crippen LogP contribution in [-0.4, -0.2) is 0 Å². The van der Waals surface area contributed by atoms with Gasteiger partial charge in [-0.1, -0.05) is 11.6 Å². The van der Waals surface area contributed by atoms with Gasteiger partial charge in [0, 0.05) is 11.4 Å². The number of aryl methyl sites for hydroxylation is 1. The fraction of sp³-hybridized carbons (Fsp3) is 0.0769. The Morgan fingerprint density at radius 2 is 1.88 bits per heavy atom. The maximum absolute atomic E-state index is 13.1. The molecule has 0 aromatic heterocycles. The molecular formula is C13H12ClFN2. The summed E-state index contributed by atoms with van der Waals surface area (Å²) in [6, 6.07) is 9.66. The van der Waals surface area contributed by atoms with E-state index in [0.717, 1.165) is 11.3 Å². The minimum atomic E-state index is -0.329. The van der Waals surface area contributed by atoms with Crippen molar-refractivity contribution in [2.45, 2.75) is 6.92 Å². The molecule has 0 unspecified atom stereocenters. The minimum Gasteiger partial charge on any atom is -0.399 e. The van der Waals surface area contributed by atoms with Crippen molar-refractivity contribution in [2.75, 3.05) is 11.1 Å². The van der Waals surface area contributed by atoms with Crippen molar-refractivity contribution in [1.29, 1.82) is 0 Å². The summed E-state index contributed by atoms with van der Waals surface area (Å²) in [5, 5.41) is 3.56. The molecule has 2 aromatic carbocycles. The molecule has 0 atom stereocenters. The number of rotatable bonds is 2. The van der Waals surface area contributed by atoms with Gasteiger partial charge in [0.05, 0.1) is 10.7 Å². The first-order valence-electron chi connectivity index (χ1n) is 5.14. The number of anilines is 3. The fourth-order valence-electron chi connectivity index (χ4n) is 1.57. The average Bonchev–Trinajstić information content (AvgIpc) is 2.27. The highest BCUT2D eigenvalue weighted by atomic mass is 35.5. The Morgan fingerprint density at radius 1 is 1.12 bits per heavy atom. The van der Waals surface area contributed by atoms with E-state index in [-0.39, 0.29) is 5.82 Å². The van der Waals surface area contributed by atoms with Crippen LogP contribution in [0.3, 0.4) is 0 Å². The molecule has 0 amide bonds. The number of hydrogen-bond donors (Lipinski definition) is 2. The van der Waals surface area contributed by atoms with E-state index in [9.17, 15) is 4.39 Å². The highest BCUT2D eigenvalue weighted by Gasteiger charge is 2.04. The number of nitrogens with one attached hydrogen (secondary N) is 1. The first-order valence-corrected chi connectivity index (χ1v) is 5.52. The van der Waals surface area contributed by atoms with Gasteiger partial charge in [0.15, 0.2) is 0 Å². The summed E-state index contributed by atoms with van der Waals surface area (Å²) in [4.78, 5) is 0. The molecule has 0 saturated carbocycles. The summed E-state index contributed by atoms with van der Waals surface area (Å²) in [6.45, 7) is 1.92. The summed E-state index contributed by atoms with van der Waals surface area (Å²) in [5.74, 6) is -0.329. The maximum Gasteiger partial charge on any atom is 0.125 e. The molecule has 3 N–H and O–H groups in total.